The number of epoxide rings is 4. The summed E-state index contributed by atoms with van der Waals surface area (Å²) >= 11 is 0. The van der Waals surface area contributed by atoms with E-state index < -0.39 is 34.7 Å². The van der Waals surface area contributed by atoms with E-state index in [4.69, 9.17) is 29.2 Å². The largest absolute Gasteiger partial charge is 0.481 e. The molecule has 0 amide bonds. The van der Waals surface area contributed by atoms with E-state index in [0.717, 1.165) is 51.4 Å². The second-order valence-electron chi connectivity index (χ2n) is 20.2. The van der Waals surface area contributed by atoms with Crippen molar-refractivity contribution >= 4 is 23.9 Å². The van der Waals surface area contributed by atoms with Crippen molar-refractivity contribution < 1.29 is 58.6 Å². The molecular weight excluding hydrogens is 720 g/mol. The molecule has 12 heteroatoms. The van der Waals surface area contributed by atoms with E-state index in [1.165, 1.54) is 0 Å². The van der Waals surface area contributed by atoms with E-state index in [0.29, 0.717) is 148 Å². The normalized spacial score (nSPS) is 43.4. The smallest absolute Gasteiger partial charge is 0.309 e. The maximum absolute atomic E-state index is 12.6. The van der Waals surface area contributed by atoms with E-state index in [-0.39, 0.29) is 12.8 Å². The molecule has 8 aliphatic rings. The molecule has 0 bridgehead atoms. The molecule has 0 radical (unpaired) electrons. The molecule has 4 aliphatic carbocycles. The monoisotopic (exact) mass is 788 g/mol. The molecule has 4 saturated heterocycles. The van der Waals surface area contributed by atoms with Crippen LogP contribution in [0.1, 0.15) is 143 Å². The molecule has 0 aromatic rings. The maximum Gasteiger partial charge on any atom is 0.309 e. The Morgan fingerprint density at radius 3 is 0.875 bits per heavy atom. The van der Waals surface area contributed by atoms with Gasteiger partial charge in [-0.1, -0.05) is 27.7 Å². The molecule has 4 saturated carbocycles. The van der Waals surface area contributed by atoms with Gasteiger partial charge < -0.3 is 39.4 Å². The summed E-state index contributed by atoms with van der Waals surface area (Å²) in [6.45, 7) is 8.88. The number of carbonyl (C=O) groups is 4. The highest BCUT2D eigenvalue weighted by Crippen LogP contribution is 2.54. The first kappa shape index (κ1) is 41.9. The first-order valence-electron chi connectivity index (χ1n) is 22.1. The van der Waals surface area contributed by atoms with Crippen LogP contribution in [-0.4, -0.2) is 93.1 Å². The number of hydrogen-bond acceptors (Lipinski definition) is 8. The summed E-state index contributed by atoms with van der Waals surface area (Å²) in [5, 5.41) is 38.9. The maximum atomic E-state index is 12.6. The number of rotatable bonds is 18. The van der Waals surface area contributed by atoms with Crippen molar-refractivity contribution in [2.75, 3.05) is 0 Å². The van der Waals surface area contributed by atoms with E-state index in [1.807, 2.05) is 0 Å². The van der Waals surface area contributed by atoms with Crippen molar-refractivity contribution in [2.45, 2.75) is 192 Å². The average molecular weight is 789 g/mol. The molecule has 4 N–H and O–H groups in total. The summed E-state index contributed by atoms with van der Waals surface area (Å²) in [4.78, 5) is 47.4. The number of ether oxygens (including phenoxy) is 4. The quantitative estimate of drug-likeness (QED) is 0.100. The summed E-state index contributed by atoms with van der Waals surface area (Å²) in [7, 11) is 0. The second kappa shape index (κ2) is 16.8. The van der Waals surface area contributed by atoms with Gasteiger partial charge in [0.15, 0.2) is 0 Å². The first-order chi connectivity index (χ1) is 26.5. The molecule has 16 unspecified atom stereocenters. The van der Waals surface area contributed by atoms with E-state index >= 15 is 0 Å². The van der Waals surface area contributed by atoms with Crippen LogP contribution in [0.4, 0.5) is 0 Å². The molecule has 8 fully saturated rings. The number of carboxylic acid groups (broad SMARTS) is 4. The Morgan fingerprint density at radius 2 is 0.661 bits per heavy atom. The SMILES string of the molecule is CC1CC2OC2CC1CC(CCCC(=O)O)(CC1CC2OC2CC1C)C(=O)O.CC1CC2OC2CC1CC(CCCC(=O)O)(CC1CC2OC2CC1C)C(=O)O. The Kier molecular flexibility index (Phi) is 12.5. The van der Waals surface area contributed by atoms with Gasteiger partial charge in [0, 0.05) is 12.8 Å². The number of carboxylic acids is 4. The van der Waals surface area contributed by atoms with Gasteiger partial charge in [0.2, 0.25) is 0 Å². The lowest BCUT2D eigenvalue weighted by atomic mass is 9.62. The topological polar surface area (TPSA) is 199 Å². The van der Waals surface area contributed by atoms with Crippen molar-refractivity contribution in [1.29, 1.82) is 0 Å². The zero-order valence-corrected chi connectivity index (χ0v) is 34.0. The van der Waals surface area contributed by atoms with Gasteiger partial charge in [-0.25, -0.2) is 0 Å². The molecule has 0 spiro atoms. The lowest BCUT2D eigenvalue weighted by molar-refractivity contribution is -0.154. The van der Waals surface area contributed by atoms with Gasteiger partial charge in [0.05, 0.1) is 59.7 Å². The lowest BCUT2D eigenvalue weighted by Gasteiger charge is -2.40. The van der Waals surface area contributed by atoms with Crippen LogP contribution in [0.2, 0.25) is 0 Å². The minimum Gasteiger partial charge on any atom is -0.481 e. The molecule has 0 aromatic heterocycles. The molecule has 12 nitrogen and oxygen atoms in total. The minimum atomic E-state index is -0.847. The standard InChI is InChI=1S/2C22H34O6/c2*1-12-6-16-18(27-16)8-14(12)10-22(21(25)26,5-3-4-20(23)24)11-15-9-19-17(28-19)7-13(15)2/h2*12-19H,3-11H2,1-2H3,(H,23,24)(H,25,26). The van der Waals surface area contributed by atoms with Crippen molar-refractivity contribution in [2.24, 2.45) is 58.2 Å². The number of hydrogen-bond donors (Lipinski definition) is 4. The van der Waals surface area contributed by atoms with Crippen LogP contribution in [0.15, 0.2) is 0 Å². The van der Waals surface area contributed by atoms with Gasteiger partial charge in [-0.2, -0.15) is 0 Å². The first-order valence-corrected chi connectivity index (χ1v) is 22.1. The van der Waals surface area contributed by atoms with Gasteiger partial charge in [-0.05, 0) is 150 Å². The predicted octanol–water partition coefficient (Wildman–Crippen LogP) is 7.44. The van der Waals surface area contributed by atoms with Crippen molar-refractivity contribution in [3.05, 3.63) is 0 Å². The third-order valence-electron chi connectivity index (χ3n) is 16.1. The van der Waals surface area contributed by atoms with Crippen LogP contribution >= 0.6 is 0 Å². The van der Waals surface area contributed by atoms with Crippen molar-refractivity contribution in [1.82, 2.24) is 0 Å². The fraction of sp³-hybridized carbons (Fsp3) is 0.909. The third-order valence-corrected chi connectivity index (χ3v) is 16.1. The molecule has 4 aliphatic heterocycles. The predicted molar refractivity (Wildman–Crippen MR) is 204 cm³/mol. The summed E-state index contributed by atoms with van der Waals surface area (Å²) in [6.07, 6.45) is 15.2. The van der Waals surface area contributed by atoms with Crippen LogP contribution < -0.4 is 0 Å². The summed E-state index contributed by atoms with van der Waals surface area (Å²) in [5.74, 6) is 0.0287. The van der Waals surface area contributed by atoms with Crippen LogP contribution in [0.25, 0.3) is 0 Å². The highest BCUT2D eigenvalue weighted by Gasteiger charge is 2.55. The fourth-order valence-corrected chi connectivity index (χ4v) is 12.2. The second-order valence-corrected chi connectivity index (χ2v) is 20.2. The molecular formula is C44H68O12. The van der Waals surface area contributed by atoms with E-state index in [2.05, 4.69) is 27.7 Å². The molecule has 4 heterocycles. The average Bonchev–Trinajstić information content (AvgIpc) is 3.91. The van der Waals surface area contributed by atoms with Crippen molar-refractivity contribution in [3.63, 3.8) is 0 Å². The molecule has 8 rings (SSSR count). The number of aliphatic carboxylic acids is 4. The zero-order chi connectivity index (χ0) is 40.1. The Bertz CT molecular complexity index is 1270. The molecule has 316 valence electrons. The van der Waals surface area contributed by atoms with Gasteiger partial charge in [0.1, 0.15) is 0 Å². The van der Waals surface area contributed by atoms with Gasteiger partial charge in [-0.15, -0.1) is 0 Å². The van der Waals surface area contributed by atoms with Crippen LogP contribution in [0.5, 0.6) is 0 Å². The highest BCUT2D eigenvalue weighted by atomic mass is 16.6. The van der Waals surface area contributed by atoms with E-state index in [9.17, 15) is 29.4 Å². The summed E-state index contributed by atoms with van der Waals surface area (Å²) in [5.41, 5.74) is -1.67. The molecule has 0 aromatic carbocycles. The minimum absolute atomic E-state index is 0.0388. The Morgan fingerprint density at radius 1 is 0.429 bits per heavy atom. The molecule has 16 atom stereocenters. The number of fused-ring (bicyclic) bond motifs is 4. The Hall–Kier alpha value is -2.28. The third kappa shape index (κ3) is 9.94. The molecule has 56 heavy (non-hydrogen) atoms. The van der Waals surface area contributed by atoms with Crippen molar-refractivity contribution in [3.8, 4) is 0 Å². The van der Waals surface area contributed by atoms with Gasteiger partial charge >= 0.3 is 23.9 Å². The van der Waals surface area contributed by atoms with E-state index in [1.54, 1.807) is 0 Å². The van der Waals surface area contributed by atoms with Crippen LogP contribution in [0.3, 0.4) is 0 Å². The summed E-state index contributed by atoms with van der Waals surface area (Å²) < 4.78 is 22.8. The summed E-state index contributed by atoms with van der Waals surface area (Å²) in [6, 6.07) is 0. The van der Waals surface area contributed by atoms with Crippen LogP contribution in [-0.2, 0) is 38.1 Å². The van der Waals surface area contributed by atoms with Gasteiger partial charge in [0.25, 0.3) is 0 Å². The zero-order valence-electron chi connectivity index (χ0n) is 34.0. The van der Waals surface area contributed by atoms with Crippen LogP contribution in [0, 0.1) is 58.2 Å². The fourth-order valence-electron chi connectivity index (χ4n) is 12.2. The van der Waals surface area contributed by atoms with Gasteiger partial charge in [-0.3, -0.25) is 19.2 Å². The lowest BCUT2D eigenvalue weighted by Crippen LogP contribution is -2.40. The Balaban J connectivity index is 0.000000172. The highest BCUT2D eigenvalue weighted by molar-refractivity contribution is 5.75. The Labute approximate surface area is 332 Å².